The van der Waals surface area contributed by atoms with Gasteiger partial charge in [-0.25, -0.2) is 0 Å². The van der Waals surface area contributed by atoms with Crippen molar-refractivity contribution < 1.29 is 9.84 Å². The topological polar surface area (TPSA) is 29.5 Å². The lowest BCUT2D eigenvalue weighted by Crippen LogP contribution is -2.40. The summed E-state index contributed by atoms with van der Waals surface area (Å²) in [5.74, 6) is 3.03. The predicted molar refractivity (Wildman–Crippen MR) is 83.5 cm³/mol. The Balaban J connectivity index is 1.74. The van der Waals surface area contributed by atoms with Crippen molar-refractivity contribution >= 4 is 0 Å². The number of aliphatic hydroxyl groups is 1. The van der Waals surface area contributed by atoms with Gasteiger partial charge in [0.15, 0.2) is 0 Å². The van der Waals surface area contributed by atoms with E-state index in [0.717, 1.165) is 23.7 Å². The van der Waals surface area contributed by atoms with Crippen molar-refractivity contribution in [3.8, 4) is 5.75 Å². The summed E-state index contributed by atoms with van der Waals surface area (Å²) in [7, 11) is 1.70. The van der Waals surface area contributed by atoms with Gasteiger partial charge in [-0.05, 0) is 78.5 Å². The van der Waals surface area contributed by atoms with Crippen LogP contribution < -0.4 is 4.74 Å². The molecular weight excluding hydrogens is 260 g/mol. The fourth-order valence-electron chi connectivity index (χ4n) is 5.69. The van der Waals surface area contributed by atoms with Crippen LogP contribution in [-0.2, 0) is 0 Å². The Bertz CT molecular complexity index is 552. The lowest BCUT2D eigenvalue weighted by Gasteiger charge is -2.50. The molecule has 3 unspecified atom stereocenters. The Morgan fingerprint density at radius 3 is 2.86 bits per heavy atom. The third-order valence-corrected chi connectivity index (χ3v) is 6.77. The second-order valence-corrected chi connectivity index (χ2v) is 7.71. The zero-order valence-electron chi connectivity index (χ0n) is 13.1. The summed E-state index contributed by atoms with van der Waals surface area (Å²) in [6, 6.07) is 6.33. The molecular formula is C19H26O2. The standard InChI is InChI=1S/C19H26O2/c1-19-8-3-4-17(19)15-11-18(20)16-10-12(21-2)5-6-13(16)14(15)7-9-19/h5-6,10,14-15,17-18,20H,3-4,7-9,11H2,1-2H3/t14?,15?,17?,18-,19+/m1/s1. The van der Waals surface area contributed by atoms with Crippen molar-refractivity contribution in [2.75, 3.05) is 7.11 Å². The van der Waals surface area contributed by atoms with Gasteiger partial charge in [0, 0.05) is 0 Å². The number of ether oxygens (including phenoxy) is 1. The van der Waals surface area contributed by atoms with E-state index in [0.29, 0.717) is 17.3 Å². The Morgan fingerprint density at radius 1 is 1.19 bits per heavy atom. The maximum atomic E-state index is 10.7. The number of fused-ring (bicyclic) bond motifs is 5. The molecule has 0 aliphatic heterocycles. The summed E-state index contributed by atoms with van der Waals surface area (Å²) in [6.07, 6.45) is 7.45. The average Bonchev–Trinajstić information content (AvgIpc) is 2.89. The lowest BCUT2D eigenvalue weighted by molar-refractivity contribution is 0.0180. The fraction of sp³-hybridized carbons (Fsp3) is 0.684. The first-order chi connectivity index (χ1) is 10.1. The summed E-state index contributed by atoms with van der Waals surface area (Å²) < 4.78 is 5.34. The van der Waals surface area contributed by atoms with Crippen LogP contribution in [0, 0.1) is 17.3 Å². The highest BCUT2D eigenvalue weighted by molar-refractivity contribution is 5.42. The normalized spacial score (nSPS) is 41.1. The predicted octanol–water partition coefficient (Wildman–Crippen LogP) is 4.43. The van der Waals surface area contributed by atoms with Crippen LogP contribution in [0.4, 0.5) is 0 Å². The zero-order valence-corrected chi connectivity index (χ0v) is 13.1. The van der Waals surface area contributed by atoms with Gasteiger partial charge in [-0.15, -0.1) is 0 Å². The van der Waals surface area contributed by atoms with Crippen LogP contribution >= 0.6 is 0 Å². The Kier molecular flexibility index (Phi) is 3.08. The molecule has 0 spiro atoms. The Labute approximate surface area is 127 Å². The SMILES string of the molecule is COc1ccc2c(c1)[C@H](O)CC1C2CC[C@]2(C)CCCC12. The van der Waals surface area contributed by atoms with Crippen molar-refractivity contribution in [1.29, 1.82) is 0 Å². The monoisotopic (exact) mass is 286 g/mol. The summed E-state index contributed by atoms with van der Waals surface area (Å²) >= 11 is 0. The number of benzene rings is 1. The van der Waals surface area contributed by atoms with Crippen molar-refractivity contribution in [3.05, 3.63) is 29.3 Å². The first kappa shape index (κ1) is 13.6. The molecule has 3 aliphatic rings. The van der Waals surface area contributed by atoms with Crippen molar-refractivity contribution in [1.82, 2.24) is 0 Å². The van der Waals surface area contributed by atoms with E-state index in [1.165, 1.54) is 37.7 Å². The number of rotatable bonds is 1. The fourth-order valence-corrected chi connectivity index (χ4v) is 5.69. The summed E-state index contributed by atoms with van der Waals surface area (Å²) in [5, 5.41) is 10.7. The van der Waals surface area contributed by atoms with E-state index in [-0.39, 0.29) is 6.10 Å². The molecule has 1 aromatic rings. The third-order valence-electron chi connectivity index (χ3n) is 6.77. The van der Waals surface area contributed by atoms with Gasteiger partial charge in [0.1, 0.15) is 5.75 Å². The van der Waals surface area contributed by atoms with Gasteiger partial charge in [0.2, 0.25) is 0 Å². The first-order valence-corrected chi connectivity index (χ1v) is 8.48. The minimum Gasteiger partial charge on any atom is -0.497 e. The molecule has 1 N–H and O–H groups in total. The van der Waals surface area contributed by atoms with Gasteiger partial charge < -0.3 is 9.84 Å². The largest absolute Gasteiger partial charge is 0.497 e. The molecule has 0 amide bonds. The molecule has 114 valence electrons. The Hall–Kier alpha value is -1.02. The van der Waals surface area contributed by atoms with Crippen molar-refractivity contribution in [2.45, 2.75) is 57.5 Å². The maximum absolute atomic E-state index is 10.7. The van der Waals surface area contributed by atoms with Gasteiger partial charge in [-0.2, -0.15) is 0 Å². The molecule has 2 heteroatoms. The highest BCUT2D eigenvalue weighted by Crippen LogP contribution is 2.62. The van der Waals surface area contributed by atoms with E-state index < -0.39 is 0 Å². The second kappa shape index (κ2) is 4.74. The van der Waals surface area contributed by atoms with Crippen LogP contribution in [-0.4, -0.2) is 12.2 Å². The lowest BCUT2D eigenvalue weighted by atomic mass is 9.55. The molecule has 2 fully saturated rings. The van der Waals surface area contributed by atoms with Crippen LogP contribution in [0.15, 0.2) is 18.2 Å². The maximum Gasteiger partial charge on any atom is 0.119 e. The van der Waals surface area contributed by atoms with Crippen LogP contribution in [0.2, 0.25) is 0 Å². The molecule has 2 nitrogen and oxygen atoms in total. The Morgan fingerprint density at radius 2 is 2.05 bits per heavy atom. The highest BCUT2D eigenvalue weighted by Gasteiger charge is 2.51. The van der Waals surface area contributed by atoms with E-state index in [4.69, 9.17) is 4.74 Å². The molecule has 21 heavy (non-hydrogen) atoms. The van der Waals surface area contributed by atoms with Crippen molar-refractivity contribution in [2.24, 2.45) is 17.3 Å². The smallest absolute Gasteiger partial charge is 0.119 e. The quantitative estimate of drug-likeness (QED) is 0.827. The van der Waals surface area contributed by atoms with E-state index in [9.17, 15) is 5.11 Å². The number of aliphatic hydroxyl groups excluding tert-OH is 1. The molecule has 0 saturated heterocycles. The molecule has 1 aromatic carbocycles. The minimum atomic E-state index is -0.306. The van der Waals surface area contributed by atoms with Crippen LogP contribution in [0.1, 0.15) is 68.6 Å². The van der Waals surface area contributed by atoms with E-state index in [1.54, 1.807) is 7.11 Å². The van der Waals surface area contributed by atoms with Crippen molar-refractivity contribution in [3.63, 3.8) is 0 Å². The van der Waals surface area contributed by atoms with Gasteiger partial charge in [-0.1, -0.05) is 19.4 Å². The third kappa shape index (κ3) is 1.95. The summed E-state index contributed by atoms with van der Waals surface area (Å²) in [6.45, 7) is 2.50. The average molecular weight is 286 g/mol. The molecule has 0 aromatic heterocycles. The van der Waals surface area contributed by atoms with E-state index >= 15 is 0 Å². The summed E-state index contributed by atoms with van der Waals surface area (Å²) in [4.78, 5) is 0. The molecule has 0 heterocycles. The molecule has 0 bridgehead atoms. The molecule has 3 aliphatic carbocycles. The van der Waals surface area contributed by atoms with E-state index in [2.05, 4.69) is 25.1 Å². The molecule has 0 radical (unpaired) electrons. The van der Waals surface area contributed by atoms with E-state index in [1.807, 2.05) is 0 Å². The van der Waals surface area contributed by atoms with Crippen LogP contribution in [0.25, 0.3) is 0 Å². The summed E-state index contributed by atoms with van der Waals surface area (Å²) in [5.41, 5.74) is 3.07. The van der Waals surface area contributed by atoms with Gasteiger partial charge in [0.25, 0.3) is 0 Å². The first-order valence-electron chi connectivity index (χ1n) is 8.48. The second-order valence-electron chi connectivity index (χ2n) is 7.71. The van der Waals surface area contributed by atoms with Crippen LogP contribution in [0.5, 0.6) is 5.75 Å². The molecule has 5 atom stereocenters. The molecule has 4 rings (SSSR count). The number of hydrogen-bond donors (Lipinski definition) is 1. The van der Waals surface area contributed by atoms with Gasteiger partial charge in [-0.3, -0.25) is 0 Å². The number of methoxy groups -OCH3 is 1. The molecule has 2 saturated carbocycles. The van der Waals surface area contributed by atoms with Crippen LogP contribution in [0.3, 0.4) is 0 Å². The zero-order chi connectivity index (χ0) is 14.6. The van der Waals surface area contributed by atoms with Gasteiger partial charge in [0.05, 0.1) is 13.2 Å². The minimum absolute atomic E-state index is 0.306. The van der Waals surface area contributed by atoms with Gasteiger partial charge >= 0.3 is 0 Å². The highest BCUT2D eigenvalue weighted by atomic mass is 16.5. The number of hydrogen-bond acceptors (Lipinski definition) is 2.